The maximum Gasteiger partial charge on any atom is 0.313 e. The normalized spacial score (nSPS) is 31.5. The van der Waals surface area contributed by atoms with Crippen molar-refractivity contribution in [3.63, 3.8) is 0 Å². The highest BCUT2D eigenvalue weighted by Gasteiger charge is 2.37. The predicted molar refractivity (Wildman–Crippen MR) is 35.3 cm³/mol. The van der Waals surface area contributed by atoms with Crippen molar-refractivity contribution in [2.45, 2.75) is 26.4 Å². The van der Waals surface area contributed by atoms with E-state index >= 15 is 0 Å². The highest BCUT2D eigenvalue weighted by molar-refractivity contribution is 5.73. The van der Waals surface area contributed by atoms with Crippen LogP contribution in [0.2, 0.25) is 0 Å². The quantitative estimate of drug-likeness (QED) is 0.474. The Kier molecular flexibility index (Phi) is 1.68. The Morgan fingerprint density at radius 1 is 1.60 bits per heavy atom. The minimum absolute atomic E-state index is 0.0934. The first-order valence-electron chi connectivity index (χ1n) is 3.34. The standard InChI is InChI=1S/C7H12O3/c1-5-6(8)9-4-10-7(5,2)3/h5H,4H2,1-3H3. The van der Waals surface area contributed by atoms with E-state index in [0.29, 0.717) is 0 Å². The van der Waals surface area contributed by atoms with E-state index in [0.717, 1.165) is 0 Å². The van der Waals surface area contributed by atoms with E-state index in [9.17, 15) is 4.79 Å². The van der Waals surface area contributed by atoms with Gasteiger partial charge in [0.25, 0.3) is 0 Å². The van der Waals surface area contributed by atoms with Crippen LogP contribution in [-0.2, 0) is 14.3 Å². The van der Waals surface area contributed by atoms with E-state index in [-0.39, 0.29) is 24.3 Å². The summed E-state index contributed by atoms with van der Waals surface area (Å²) in [6, 6.07) is 0. The monoisotopic (exact) mass is 144 g/mol. The number of rotatable bonds is 0. The van der Waals surface area contributed by atoms with Gasteiger partial charge in [-0.25, -0.2) is 0 Å². The van der Waals surface area contributed by atoms with Gasteiger partial charge >= 0.3 is 5.97 Å². The zero-order valence-corrected chi connectivity index (χ0v) is 6.51. The Morgan fingerprint density at radius 3 is 2.60 bits per heavy atom. The molecule has 0 spiro atoms. The van der Waals surface area contributed by atoms with Crippen LogP contribution in [0, 0.1) is 5.92 Å². The molecule has 0 aromatic carbocycles. The van der Waals surface area contributed by atoms with Crippen LogP contribution in [0.1, 0.15) is 20.8 Å². The van der Waals surface area contributed by atoms with Crippen LogP contribution in [0.15, 0.2) is 0 Å². The Balaban J connectivity index is 2.69. The molecule has 0 radical (unpaired) electrons. The highest BCUT2D eigenvalue weighted by Crippen LogP contribution is 2.25. The molecule has 1 aliphatic heterocycles. The van der Waals surface area contributed by atoms with Gasteiger partial charge in [-0.05, 0) is 20.8 Å². The number of cyclic esters (lactones) is 1. The molecule has 1 aliphatic rings. The molecule has 0 bridgehead atoms. The second-order valence-corrected chi connectivity index (χ2v) is 3.05. The van der Waals surface area contributed by atoms with E-state index in [1.54, 1.807) is 0 Å². The van der Waals surface area contributed by atoms with Gasteiger partial charge in [-0.2, -0.15) is 0 Å². The number of carbonyl (C=O) groups excluding carboxylic acids is 1. The minimum Gasteiger partial charge on any atom is -0.438 e. The van der Waals surface area contributed by atoms with Gasteiger partial charge in [0, 0.05) is 0 Å². The van der Waals surface area contributed by atoms with Crippen LogP contribution in [0.5, 0.6) is 0 Å². The summed E-state index contributed by atoms with van der Waals surface area (Å²) in [5.41, 5.74) is -0.366. The smallest absolute Gasteiger partial charge is 0.313 e. The SMILES string of the molecule is CC1C(=O)OCOC1(C)C. The molecule has 0 aromatic heterocycles. The fourth-order valence-corrected chi connectivity index (χ4v) is 0.773. The van der Waals surface area contributed by atoms with Crippen molar-refractivity contribution in [1.82, 2.24) is 0 Å². The van der Waals surface area contributed by atoms with Crippen molar-refractivity contribution < 1.29 is 14.3 Å². The molecule has 0 aliphatic carbocycles. The first-order chi connectivity index (χ1) is 4.54. The van der Waals surface area contributed by atoms with Gasteiger partial charge < -0.3 is 9.47 Å². The summed E-state index contributed by atoms with van der Waals surface area (Å²) < 4.78 is 9.87. The zero-order valence-electron chi connectivity index (χ0n) is 6.51. The molecule has 1 atom stereocenters. The largest absolute Gasteiger partial charge is 0.438 e. The average Bonchev–Trinajstić information content (AvgIpc) is 1.83. The molecule has 3 nitrogen and oxygen atoms in total. The topological polar surface area (TPSA) is 35.5 Å². The summed E-state index contributed by atoms with van der Waals surface area (Å²) in [6.07, 6.45) is 0. The van der Waals surface area contributed by atoms with E-state index in [4.69, 9.17) is 4.74 Å². The van der Waals surface area contributed by atoms with Gasteiger partial charge in [-0.3, -0.25) is 4.79 Å². The molecule has 0 amide bonds. The summed E-state index contributed by atoms with van der Waals surface area (Å²) in [5, 5.41) is 0. The van der Waals surface area contributed by atoms with Crippen molar-refractivity contribution in [3.8, 4) is 0 Å². The second-order valence-electron chi connectivity index (χ2n) is 3.05. The van der Waals surface area contributed by atoms with Crippen molar-refractivity contribution in [3.05, 3.63) is 0 Å². The number of esters is 1. The van der Waals surface area contributed by atoms with Gasteiger partial charge in [-0.1, -0.05) is 0 Å². The molecule has 1 heterocycles. The summed E-state index contributed by atoms with van der Waals surface area (Å²) in [5.74, 6) is -0.336. The summed E-state index contributed by atoms with van der Waals surface area (Å²) in [6.45, 7) is 5.67. The molecule has 0 aromatic rings. The van der Waals surface area contributed by atoms with E-state index < -0.39 is 0 Å². The third-order valence-electron chi connectivity index (χ3n) is 2.03. The van der Waals surface area contributed by atoms with Gasteiger partial charge in [0.1, 0.15) is 0 Å². The zero-order chi connectivity index (χ0) is 7.78. The molecule has 58 valence electrons. The molecule has 0 N–H and O–H groups in total. The lowest BCUT2D eigenvalue weighted by atomic mass is 9.92. The molecule has 1 saturated heterocycles. The third-order valence-corrected chi connectivity index (χ3v) is 2.03. The molecule has 1 fully saturated rings. The number of ether oxygens (including phenoxy) is 2. The second kappa shape index (κ2) is 2.23. The number of hydrogen-bond acceptors (Lipinski definition) is 3. The Labute approximate surface area is 60.3 Å². The highest BCUT2D eigenvalue weighted by atomic mass is 16.7. The molecule has 1 rings (SSSR count). The minimum atomic E-state index is -0.366. The van der Waals surface area contributed by atoms with E-state index in [2.05, 4.69) is 4.74 Å². The summed E-state index contributed by atoms with van der Waals surface area (Å²) in [7, 11) is 0. The molecule has 0 saturated carbocycles. The number of hydrogen-bond donors (Lipinski definition) is 0. The average molecular weight is 144 g/mol. The molecule has 10 heavy (non-hydrogen) atoms. The van der Waals surface area contributed by atoms with Crippen LogP contribution in [0.3, 0.4) is 0 Å². The maximum atomic E-state index is 10.9. The van der Waals surface area contributed by atoms with Crippen molar-refractivity contribution in [1.29, 1.82) is 0 Å². The predicted octanol–water partition coefficient (Wildman–Crippen LogP) is 0.932. The Hall–Kier alpha value is -0.570. The number of carbonyl (C=O) groups is 1. The fraction of sp³-hybridized carbons (Fsp3) is 0.857. The van der Waals surface area contributed by atoms with Crippen molar-refractivity contribution in [2.75, 3.05) is 6.79 Å². The van der Waals surface area contributed by atoms with E-state index in [1.165, 1.54) is 0 Å². The van der Waals surface area contributed by atoms with Crippen LogP contribution in [0.4, 0.5) is 0 Å². The summed E-state index contributed by atoms with van der Waals surface area (Å²) in [4.78, 5) is 10.9. The molecule has 1 unspecified atom stereocenters. The maximum absolute atomic E-state index is 10.9. The Morgan fingerprint density at radius 2 is 2.20 bits per heavy atom. The van der Waals surface area contributed by atoms with E-state index in [1.807, 2.05) is 20.8 Å². The Bertz CT molecular complexity index is 151. The van der Waals surface area contributed by atoms with Gasteiger partial charge in [0.2, 0.25) is 0 Å². The lowest BCUT2D eigenvalue weighted by Crippen LogP contribution is -2.44. The fourth-order valence-electron chi connectivity index (χ4n) is 0.773. The lowest BCUT2D eigenvalue weighted by Gasteiger charge is -2.34. The van der Waals surface area contributed by atoms with Crippen LogP contribution in [0.25, 0.3) is 0 Å². The first kappa shape index (κ1) is 7.54. The van der Waals surface area contributed by atoms with Crippen LogP contribution in [-0.4, -0.2) is 18.4 Å². The summed E-state index contributed by atoms with van der Waals surface area (Å²) >= 11 is 0. The first-order valence-corrected chi connectivity index (χ1v) is 3.34. The van der Waals surface area contributed by atoms with Crippen LogP contribution >= 0.6 is 0 Å². The van der Waals surface area contributed by atoms with Crippen molar-refractivity contribution in [2.24, 2.45) is 5.92 Å². The van der Waals surface area contributed by atoms with Gasteiger partial charge in [-0.15, -0.1) is 0 Å². The molecular formula is C7H12O3. The van der Waals surface area contributed by atoms with Gasteiger partial charge in [0.15, 0.2) is 6.79 Å². The lowest BCUT2D eigenvalue weighted by molar-refractivity contribution is -0.212. The van der Waals surface area contributed by atoms with Gasteiger partial charge in [0.05, 0.1) is 11.5 Å². The third kappa shape index (κ3) is 1.14. The van der Waals surface area contributed by atoms with Crippen molar-refractivity contribution >= 4 is 5.97 Å². The molecule has 3 heteroatoms. The van der Waals surface area contributed by atoms with Crippen LogP contribution < -0.4 is 0 Å². The molecular weight excluding hydrogens is 132 g/mol.